The van der Waals surface area contributed by atoms with Gasteiger partial charge in [-0.15, -0.1) is 0 Å². The molecule has 0 saturated heterocycles. The predicted octanol–water partition coefficient (Wildman–Crippen LogP) is 4.58. The fourth-order valence-electron chi connectivity index (χ4n) is 4.06. The number of thiazole rings is 1. The van der Waals surface area contributed by atoms with Crippen LogP contribution in [0, 0.1) is 6.92 Å². The predicted molar refractivity (Wildman–Crippen MR) is 127 cm³/mol. The standard InChI is InChI=1S/C24H19N5O3S/c1-13-21-15(10-16(14-6-4-3-5-7-14)25-22(21)29(2)28-13)23(30)27-24-26-17-11-18-19(12-20(17)33-24)32-9-8-31-18/h3-7,10-12H,8-9H2,1-2H3,(H,26,27,30). The minimum absolute atomic E-state index is 0.257. The fourth-order valence-corrected chi connectivity index (χ4v) is 4.93. The van der Waals surface area contributed by atoms with Crippen LogP contribution in [0.3, 0.4) is 0 Å². The highest BCUT2D eigenvalue weighted by Crippen LogP contribution is 2.38. The lowest BCUT2D eigenvalue weighted by Crippen LogP contribution is -2.15. The molecule has 8 nitrogen and oxygen atoms in total. The quantitative estimate of drug-likeness (QED) is 0.427. The number of benzene rings is 2. The number of ether oxygens (including phenoxy) is 2. The van der Waals surface area contributed by atoms with Crippen molar-refractivity contribution in [2.24, 2.45) is 7.05 Å². The van der Waals surface area contributed by atoms with Gasteiger partial charge in [-0.2, -0.15) is 5.10 Å². The second-order valence-corrected chi connectivity index (χ2v) is 8.80. The van der Waals surface area contributed by atoms with Crippen LogP contribution in [-0.2, 0) is 7.05 Å². The largest absolute Gasteiger partial charge is 0.486 e. The number of nitrogens with zero attached hydrogens (tertiary/aromatic N) is 4. The number of nitrogens with one attached hydrogen (secondary N) is 1. The van der Waals surface area contributed by atoms with Gasteiger partial charge in [0.1, 0.15) is 13.2 Å². The van der Waals surface area contributed by atoms with Crippen LogP contribution in [0.15, 0.2) is 48.5 Å². The van der Waals surface area contributed by atoms with E-state index in [0.717, 1.165) is 26.9 Å². The summed E-state index contributed by atoms with van der Waals surface area (Å²) in [7, 11) is 1.83. The summed E-state index contributed by atoms with van der Waals surface area (Å²) in [5, 5.41) is 8.69. The van der Waals surface area contributed by atoms with Crippen molar-refractivity contribution in [2.75, 3.05) is 18.5 Å². The maximum Gasteiger partial charge on any atom is 0.258 e. The highest BCUT2D eigenvalue weighted by molar-refractivity contribution is 7.22. The number of carbonyl (C=O) groups excluding carboxylic acids is 1. The molecule has 9 heteroatoms. The van der Waals surface area contributed by atoms with E-state index in [-0.39, 0.29) is 5.91 Å². The zero-order chi connectivity index (χ0) is 22.5. The van der Waals surface area contributed by atoms with Gasteiger partial charge in [0.05, 0.1) is 32.6 Å². The van der Waals surface area contributed by atoms with E-state index >= 15 is 0 Å². The fraction of sp³-hybridized carbons (Fsp3) is 0.167. The molecule has 1 aliphatic heterocycles. The molecular formula is C24H19N5O3S. The van der Waals surface area contributed by atoms with E-state index in [9.17, 15) is 4.79 Å². The summed E-state index contributed by atoms with van der Waals surface area (Å²) in [6.07, 6.45) is 0. The molecule has 1 N–H and O–H groups in total. The van der Waals surface area contributed by atoms with E-state index in [1.807, 2.05) is 62.5 Å². The number of rotatable bonds is 3. The maximum absolute atomic E-state index is 13.4. The minimum Gasteiger partial charge on any atom is -0.486 e. The van der Waals surface area contributed by atoms with Crippen molar-refractivity contribution in [3.63, 3.8) is 0 Å². The third-order valence-corrected chi connectivity index (χ3v) is 6.49. The van der Waals surface area contributed by atoms with E-state index in [4.69, 9.17) is 14.5 Å². The van der Waals surface area contributed by atoms with Crippen molar-refractivity contribution in [3.8, 4) is 22.8 Å². The van der Waals surface area contributed by atoms with Gasteiger partial charge >= 0.3 is 0 Å². The molecule has 0 unspecified atom stereocenters. The molecule has 2 aromatic carbocycles. The zero-order valence-corrected chi connectivity index (χ0v) is 18.8. The first-order valence-corrected chi connectivity index (χ1v) is 11.3. The van der Waals surface area contributed by atoms with Crippen molar-refractivity contribution in [1.29, 1.82) is 0 Å². The SMILES string of the molecule is Cc1nn(C)c2nc(-c3ccccc3)cc(C(=O)Nc3nc4cc5c(cc4s3)OCCO5)c12. The molecule has 0 bridgehead atoms. The van der Waals surface area contributed by atoms with Gasteiger partial charge in [-0.25, -0.2) is 9.97 Å². The van der Waals surface area contributed by atoms with Crippen molar-refractivity contribution >= 4 is 43.6 Å². The molecule has 1 amide bonds. The highest BCUT2D eigenvalue weighted by Gasteiger charge is 2.21. The van der Waals surface area contributed by atoms with Crippen LogP contribution >= 0.6 is 11.3 Å². The lowest BCUT2D eigenvalue weighted by Gasteiger charge is -2.17. The van der Waals surface area contributed by atoms with Gasteiger partial charge in [0.25, 0.3) is 5.91 Å². The molecule has 0 atom stereocenters. The van der Waals surface area contributed by atoms with E-state index < -0.39 is 0 Å². The third-order valence-electron chi connectivity index (χ3n) is 5.56. The first kappa shape index (κ1) is 19.7. The molecule has 0 radical (unpaired) electrons. The average molecular weight is 458 g/mol. The third kappa shape index (κ3) is 3.37. The molecule has 33 heavy (non-hydrogen) atoms. The Hall–Kier alpha value is -3.98. The number of anilines is 1. The Bertz CT molecular complexity index is 1500. The summed E-state index contributed by atoms with van der Waals surface area (Å²) in [6.45, 7) is 2.91. The zero-order valence-electron chi connectivity index (χ0n) is 18.0. The number of fused-ring (bicyclic) bond motifs is 3. The molecular weight excluding hydrogens is 438 g/mol. The second kappa shape index (κ2) is 7.56. The summed E-state index contributed by atoms with van der Waals surface area (Å²) in [5.74, 6) is 1.11. The van der Waals surface area contributed by atoms with Crippen LogP contribution in [0.5, 0.6) is 11.5 Å². The van der Waals surface area contributed by atoms with Crippen LogP contribution in [0.4, 0.5) is 5.13 Å². The molecule has 5 aromatic rings. The van der Waals surface area contributed by atoms with Crippen molar-refractivity contribution in [2.45, 2.75) is 6.92 Å². The molecule has 164 valence electrons. The number of aryl methyl sites for hydroxylation is 2. The second-order valence-electron chi connectivity index (χ2n) is 7.77. The van der Waals surface area contributed by atoms with Crippen LogP contribution in [-0.4, -0.2) is 38.9 Å². The van der Waals surface area contributed by atoms with E-state index in [1.165, 1.54) is 11.3 Å². The Morgan fingerprint density at radius 2 is 1.82 bits per heavy atom. The first-order valence-electron chi connectivity index (χ1n) is 10.5. The van der Waals surface area contributed by atoms with Crippen LogP contribution in [0.1, 0.15) is 16.1 Å². The molecule has 3 aromatic heterocycles. The van der Waals surface area contributed by atoms with Gasteiger partial charge in [0.2, 0.25) is 0 Å². The molecule has 0 saturated carbocycles. The van der Waals surface area contributed by atoms with Crippen LogP contribution < -0.4 is 14.8 Å². The Morgan fingerprint density at radius 3 is 2.61 bits per heavy atom. The summed E-state index contributed by atoms with van der Waals surface area (Å²) >= 11 is 1.39. The van der Waals surface area contributed by atoms with Gasteiger partial charge in [0, 0.05) is 24.7 Å². The Kier molecular flexibility index (Phi) is 4.51. The van der Waals surface area contributed by atoms with Gasteiger partial charge in [0.15, 0.2) is 22.3 Å². The molecule has 0 fully saturated rings. The summed E-state index contributed by atoms with van der Waals surface area (Å²) in [5.41, 5.74) is 4.30. The molecule has 0 aliphatic carbocycles. The number of aromatic nitrogens is 4. The number of amides is 1. The lowest BCUT2D eigenvalue weighted by atomic mass is 10.1. The van der Waals surface area contributed by atoms with E-state index in [0.29, 0.717) is 46.7 Å². The monoisotopic (exact) mass is 457 g/mol. The van der Waals surface area contributed by atoms with Crippen molar-refractivity contribution in [3.05, 3.63) is 59.8 Å². The highest BCUT2D eigenvalue weighted by atomic mass is 32.1. The molecule has 0 spiro atoms. The Balaban J connectivity index is 1.42. The molecule has 1 aliphatic rings. The van der Waals surface area contributed by atoms with E-state index in [1.54, 1.807) is 4.68 Å². The maximum atomic E-state index is 13.4. The number of hydrogen-bond donors (Lipinski definition) is 1. The van der Waals surface area contributed by atoms with Crippen molar-refractivity contribution < 1.29 is 14.3 Å². The normalized spacial score (nSPS) is 12.9. The number of carbonyl (C=O) groups is 1. The van der Waals surface area contributed by atoms with Crippen LogP contribution in [0.2, 0.25) is 0 Å². The van der Waals surface area contributed by atoms with Gasteiger partial charge in [-0.1, -0.05) is 41.7 Å². The summed E-state index contributed by atoms with van der Waals surface area (Å²) in [4.78, 5) is 22.8. The summed E-state index contributed by atoms with van der Waals surface area (Å²) < 4.78 is 13.9. The smallest absolute Gasteiger partial charge is 0.258 e. The van der Waals surface area contributed by atoms with Gasteiger partial charge in [-0.05, 0) is 13.0 Å². The van der Waals surface area contributed by atoms with E-state index in [2.05, 4.69) is 15.4 Å². The topological polar surface area (TPSA) is 91.2 Å². The van der Waals surface area contributed by atoms with Gasteiger partial charge in [-0.3, -0.25) is 14.8 Å². The van der Waals surface area contributed by atoms with Gasteiger partial charge < -0.3 is 9.47 Å². The number of hydrogen-bond acceptors (Lipinski definition) is 7. The lowest BCUT2D eigenvalue weighted by molar-refractivity contribution is 0.102. The van der Waals surface area contributed by atoms with Crippen LogP contribution in [0.25, 0.3) is 32.5 Å². The average Bonchev–Trinajstić information content (AvgIpc) is 3.35. The molecule has 6 rings (SSSR count). The summed E-state index contributed by atoms with van der Waals surface area (Å²) in [6, 6.07) is 15.4. The molecule has 4 heterocycles. The number of pyridine rings is 1. The Morgan fingerprint density at radius 1 is 1.06 bits per heavy atom. The first-order chi connectivity index (χ1) is 16.1. The Labute approximate surface area is 192 Å². The minimum atomic E-state index is -0.257. The van der Waals surface area contributed by atoms with Crippen molar-refractivity contribution in [1.82, 2.24) is 19.7 Å².